The second-order valence-electron chi connectivity index (χ2n) is 6.30. The molecule has 0 fully saturated rings. The smallest absolute Gasteiger partial charge is 0.337 e. The van der Waals surface area contributed by atoms with E-state index < -0.39 is 5.97 Å². The van der Waals surface area contributed by atoms with Crippen LogP contribution in [-0.4, -0.2) is 32.1 Å². The fraction of sp³-hybridized carbons (Fsp3) is 0.333. The Morgan fingerprint density at radius 3 is 2.23 bits per heavy atom. The van der Waals surface area contributed by atoms with Crippen molar-refractivity contribution in [1.82, 2.24) is 5.32 Å². The SMILES string of the molecule is COC(=O)c1ccc(OCC(=O)NCCc2ccc(C(C)C)cc2)cc1. The normalized spacial score (nSPS) is 10.5. The third kappa shape index (κ3) is 5.92. The lowest BCUT2D eigenvalue weighted by Gasteiger charge is -2.09. The van der Waals surface area contributed by atoms with Gasteiger partial charge in [-0.3, -0.25) is 4.79 Å². The van der Waals surface area contributed by atoms with E-state index in [4.69, 9.17) is 4.74 Å². The van der Waals surface area contributed by atoms with Crippen molar-refractivity contribution in [1.29, 1.82) is 0 Å². The number of methoxy groups -OCH3 is 1. The highest BCUT2D eigenvalue weighted by Crippen LogP contribution is 2.15. The van der Waals surface area contributed by atoms with Gasteiger partial charge in [0.05, 0.1) is 12.7 Å². The topological polar surface area (TPSA) is 64.6 Å². The van der Waals surface area contributed by atoms with Crippen LogP contribution in [0, 0.1) is 0 Å². The molecule has 26 heavy (non-hydrogen) atoms. The molecule has 0 unspecified atom stereocenters. The summed E-state index contributed by atoms with van der Waals surface area (Å²) in [5.41, 5.74) is 2.94. The highest BCUT2D eigenvalue weighted by atomic mass is 16.5. The Bertz CT molecular complexity index is 721. The summed E-state index contributed by atoms with van der Waals surface area (Å²) in [4.78, 5) is 23.2. The first-order valence-corrected chi connectivity index (χ1v) is 8.66. The van der Waals surface area contributed by atoms with Gasteiger partial charge in [0.1, 0.15) is 5.75 Å². The minimum Gasteiger partial charge on any atom is -0.484 e. The van der Waals surface area contributed by atoms with Gasteiger partial charge in [0.15, 0.2) is 6.61 Å². The van der Waals surface area contributed by atoms with Gasteiger partial charge in [0.25, 0.3) is 5.91 Å². The number of carbonyl (C=O) groups excluding carboxylic acids is 2. The van der Waals surface area contributed by atoms with Crippen LogP contribution in [0.2, 0.25) is 0 Å². The van der Waals surface area contributed by atoms with Crippen LogP contribution in [0.5, 0.6) is 5.75 Å². The molecule has 0 bridgehead atoms. The van der Waals surface area contributed by atoms with Crippen molar-refractivity contribution in [2.75, 3.05) is 20.3 Å². The predicted octanol–water partition coefficient (Wildman–Crippen LogP) is 3.33. The molecule has 0 spiro atoms. The lowest BCUT2D eigenvalue weighted by atomic mass is 10.0. The molecule has 1 N–H and O–H groups in total. The summed E-state index contributed by atoms with van der Waals surface area (Å²) in [6.07, 6.45) is 0.776. The number of rotatable bonds is 8. The van der Waals surface area contributed by atoms with E-state index in [1.54, 1.807) is 24.3 Å². The second-order valence-corrected chi connectivity index (χ2v) is 6.30. The fourth-order valence-corrected chi connectivity index (χ4v) is 2.42. The van der Waals surface area contributed by atoms with Gasteiger partial charge in [0.2, 0.25) is 0 Å². The number of carbonyl (C=O) groups is 2. The van der Waals surface area contributed by atoms with Gasteiger partial charge < -0.3 is 14.8 Å². The molecule has 0 radical (unpaired) electrons. The van der Waals surface area contributed by atoms with Crippen LogP contribution in [-0.2, 0) is 16.0 Å². The molecule has 0 aromatic heterocycles. The standard InChI is InChI=1S/C21H25NO4/c1-15(2)17-6-4-16(5-7-17)12-13-22-20(23)14-26-19-10-8-18(9-11-19)21(24)25-3/h4-11,15H,12-14H2,1-3H3,(H,22,23). The third-order valence-electron chi connectivity index (χ3n) is 4.03. The third-order valence-corrected chi connectivity index (χ3v) is 4.03. The maximum atomic E-state index is 11.9. The predicted molar refractivity (Wildman–Crippen MR) is 101 cm³/mol. The molecular formula is C21H25NO4. The summed E-state index contributed by atoms with van der Waals surface area (Å²) in [5, 5.41) is 2.84. The Kier molecular flexibility index (Phi) is 7.21. The molecule has 0 saturated carbocycles. The zero-order valence-electron chi connectivity index (χ0n) is 15.5. The zero-order chi connectivity index (χ0) is 18.9. The van der Waals surface area contributed by atoms with Crippen LogP contribution in [0.4, 0.5) is 0 Å². The van der Waals surface area contributed by atoms with Gasteiger partial charge in [-0.1, -0.05) is 38.1 Å². The van der Waals surface area contributed by atoms with E-state index in [9.17, 15) is 9.59 Å². The average molecular weight is 355 g/mol. The molecule has 2 aromatic carbocycles. The van der Waals surface area contributed by atoms with Gasteiger partial charge in [-0.25, -0.2) is 4.79 Å². The number of hydrogen-bond acceptors (Lipinski definition) is 4. The van der Waals surface area contributed by atoms with Crippen molar-refractivity contribution in [3.8, 4) is 5.75 Å². The van der Waals surface area contributed by atoms with Gasteiger partial charge in [0, 0.05) is 6.54 Å². The number of ether oxygens (including phenoxy) is 2. The molecule has 0 saturated heterocycles. The average Bonchev–Trinajstić information content (AvgIpc) is 2.66. The molecule has 138 valence electrons. The maximum Gasteiger partial charge on any atom is 0.337 e. The molecule has 5 heteroatoms. The van der Waals surface area contributed by atoms with Gasteiger partial charge in [-0.15, -0.1) is 0 Å². The molecule has 5 nitrogen and oxygen atoms in total. The number of hydrogen-bond donors (Lipinski definition) is 1. The molecule has 0 aliphatic heterocycles. The van der Waals surface area contributed by atoms with Crippen molar-refractivity contribution >= 4 is 11.9 Å². The lowest BCUT2D eigenvalue weighted by Crippen LogP contribution is -2.30. The molecule has 1 amide bonds. The first-order chi connectivity index (χ1) is 12.5. The van der Waals surface area contributed by atoms with Crippen LogP contribution in [0.15, 0.2) is 48.5 Å². The van der Waals surface area contributed by atoms with Gasteiger partial charge in [-0.2, -0.15) is 0 Å². The Labute approximate surface area is 154 Å². The van der Waals surface area contributed by atoms with E-state index in [0.717, 1.165) is 6.42 Å². The van der Waals surface area contributed by atoms with Crippen molar-refractivity contribution < 1.29 is 19.1 Å². The van der Waals surface area contributed by atoms with E-state index in [1.807, 2.05) is 0 Å². The van der Waals surface area contributed by atoms with Crippen molar-refractivity contribution in [3.63, 3.8) is 0 Å². The maximum absolute atomic E-state index is 11.9. The number of nitrogens with one attached hydrogen (secondary N) is 1. The quantitative estimate of drug-likeness (QED) is 0.738. The van der Waals surface area contributed by atoms with Crippen molar-refractivity contribution in [2.24, 2.45) is 0 Å². The Morgan fingerprint density at radius 1 is 1.00 bits per heavy atom. The summed E-state index contributed by atoms with van der Waals surface area (Å²) >= 11 is 0. The van der Waals surface area contributed by atoms with E-state index in [-0.39, 0.29) is 12.5 Å². The summed E-state index contributed by atoms with van der Waals surface area (Å²) in [7, 11) is 1.33. The fourth-order valence-electron chi connectivity index (χ4n) is 2.42. The molecular weight excluding hydrogens is 330 g/mol. The Hall–Kier alpha value is -2.82. The molecule has 0 aliphatic carbocycles. The first kappa shape index (κ1) is 19.5. The van der Waals surface area contributed by atoms with E-state index >= 15 is 0 Å². The lowest BCUT2D eigenvalue weighted by molar-refractivity contribution is -0.123. The van der Waals surface area contributed by atoms with Crippen LogP contribution in [0.25, 0.3) is 0 Å². The molecule has 2 rings (SSSR count). The minimum atomic E-state index is -0.407. The number of benzene rings is 2. The first-order valence-electron chi connectivity index (χ1n) is 8.66. The van der Waals surface area contributed by atoms with Crippen LogP contribution >= 0.6 is 0 Å². The monoisotopic (exact) mass is 355 g/mol. The van der Waals surface area contributed by atoms with Gasteiger partial charge >= 0.3 is 5.97 Å². The summed E-state index contributed by atoms with van der Waals surface area (Å²) in [5.74, 6) is 0.455. The van der Waals surface area contributed by atoms with Crippen molar-refractivity contribution in [3.05, 3.63) is 65.2 Å². The van der Waals surface area contributed by atoms with Gasteiger partial charge in [-0.05, 0) is 47.7 Å². The second kappa shape index (κ2) is 9.61. The van der Waals surface area contributed by atoms with E-state index in [0.29, 0.717) is 23.8 Å². The Balaban J connectivity index is 1.71. The highest BCUT2D eigenvalue weighted by Gasteiger charge is 2.06. The van der Waals surface area contributed by atoms with Crippen LogP contribution < -0.4 is 10.1 Å². The largest absolute Gasteiger partial charge is 0.484 e. The summed E-state index contributed by atoms with van der Waals surface area (Å²) in [6, 6.07) is 14.9. The molecule has 0 heterocycles. The molecule has 0 aliphatic rings. The highest BCUT2D eigenvalue weighted by molar-refractivity contribution is 5.89. The summed E-state index contributed by atoms with van der Waals surface area (Å²) in [6.45, 7) is 4.82. The Morgan fingerprint density at radius 2 is 1.65 bits per heavy atom. The summed E-state index contributed by atoms with van der Waals surface area (Å²) < 4.78 is 10.0. The molecule has 0 atom stereocenters. The van der Waals surface area contributed by atoms with E-state index in [1.165, 1.54) is 18.2 Å². The minimum absolute atomic E-state index is 0.0656. The van der Waals surface area contributed by atoms with Crippen LogP contribution in [0.1, 0.15) is 41.3 Å². The van der Waals surface area contributed by atoms with E-state index in [2.05, 4.69) is 48.2 Å². The van der Waals surface area contributed by atoms with Crippen LogP contribution in [0.3, 0.4) is 0 Å². The molecule has 2 aromatic rings. The van der Waals surface area contributed by atoms with Crippen molar-refractivity contribution in [2.45, 2.75) is 26.2 Å². The zero-order valence-corrected chi connectivity index (χ0v) is 15.5. The number of amides is 1. The number of esters is 1.